The van der Waals surface area contributed by atoms with Crippen LogP contribution < -0.4 is 0 Å². The first-order valence-electron chi connectivity index (χ1n) is 8.37. The molecule has 0 radical (unpaired) electrons. The molecule has 0 bridgehead atoms. The van der Waals surface area contributed by atoms with Gasteiger partial charge < -0.3 is 4.74 Å². The molecule has 24 heavy (non-hydrogen) atoms. The summed E-state index contributed by atoms with van der Waals surface area (Å²) in [5.74, 6) is 0. The lowest BCUT2D eigenvalue weighted by Crippen LogP contribution is -2.06. The summed E-state index contributed by atoms with van der Waals surface area (Å²) < 4.78 is 5.83. The minimum atomic E-state index is 0.0582. The highest BCUT2D eigenvalue weighted by Crippen LogP contribution is 2.32. The van der Waals surface area contributed by atoms with E-state index in [9.17, 15) is 0 Å². The fourth-order valence-corrected chi connectivity index (χ4v) is 3.10. The molecule has 2 nitrogen and oxygen atoms in total. The van der Waals surface area contributed by atoms with Gasteiger partial charge in [-0.05, 0) is 42.5 Å². The lowest BCUT2D eigenvalue weighted by atomic mass is 9.94. The van der Waals surface area contributed by atoms with Crippen LogP contribution in [0.3, 0.4) is 0 Å². The molecule has 0 amide bonds. The van der Waals surface area contributed by atoms with Crippen molar-refractivity contribution in [3.05, 3.63) is 89.6 Å². The molecule has 3 rings (SSSR count). The maximum atomic E-state index is 5.83. The van der Waals surface area contributed by atoms with Crippen LogP contribution in [0.2, 0.25) is 0 Å². The molecule has 1 atom stereocenters. The zero-order valence-corrected chi connectivity index (χ0v) is 14.3. The molecule has 0 saturated heterocycles. The molecule has 2 aromatic carbocycles. The van der Waals surface area contributed by atoms with Gasteiger partial charge in [-0.1, -0.05) is 60.7 Å². The van der Waals surface area contributed by atoms with Crippen molar-refractivity contribution in [2.24, 2.45) is 0 Å². The van der Waals surface area contributed by atoms with Gasteiger partial charge >= 0.3 is 0 Å². The van der Waals surface area contributed by atoms with Crippen molar-refractivity contribution in [1.82, 2.24) is 4.98 Å². The average molecular weight is 317 g/mol. The van der Waals surface area contributed by atoms with Crippen LogP contribution in [0.25, 0.3) is 11.3 Å². The number of rotatable bonds is 6. The van der Waals surface area contributed by atoms with Gasteiger partial charge in [-0.3, -0.25) is 4.98 Å². The van der Waals surface area contributed by atoms with Crippen LogP contribution >= 0.6 is 0 Å². The summed E-state index contributed by atoms with van der Waals surface area (Å²) in [5, 5.41) is 0. The van der Waals surface area contributed by atoms with Crippen LogP contribution in [0.5, 0.6) is 0 Å². The van der Waals surface area contributed by atoms with E-state index in [4.69, 9.17) is 4.74 Å². The van der Waals surface area contributed by atoms with Crippen LogP contribution in [-0.4, -0.2) is 12.1 Å². The van der Waals surface area contributed by atoms with Crippen molar-refractivity contribution in [3.8, 4) is 11.3 Å². The molecule has 0 aliphatic carbocycles. The number of methoxy groups -OCH3 is 1. The highest BCUT2D eigenvalue weighted by atomic mass is 16.5. The van der Waals surface area contributed by atoms with Gasteiger partial charge in [-0.15, -0.1) is 0 Å². The van der Waals surface area contributed by atoms with Gasteiger partial charge in [0.2, 0.25) is 0 Å². The van der Waals surface area contributed by atoms with Crippen LogP contribution in [0.1, 0.15) is 29.2 Å². The number of hydrogen-bond acceptors (Lipinski definition) is 2. The molecule has 0 unspecified atom stereocenters. The Hall–Kier alpha value is -2.45. The summed E-state index contributed by atoms with van der Waals surface area (Å²) in [7, 11) is 1.79. The minimum absolute atomic E-state index is 0.0582. The van der Waals surface area contributed by atoms with Gasteiger partial charge in [0, 0.05) is 18.9 Å². The number of aromatic nitrogens is 1. The molecule has 0 aliphatic heterocycles. The Kier molecular flexibility index (Phi) is 5.39. The van der Waals surface area contributed by atoms with Crippen molar-refractivity contribution < 1.29 is 4.74 Å². The van der Waals surface area contributed by atoms with Crippen LogP contribution in [0.4, 0.5) is 0 Å². The van der Waals surface area contributed by atoms with E-state index in [0.29, 0.717) is 0 Å². The summed E-state index contributed by atoms with van der Waals surface area (Å²) in [6, 6.07) is 23.1. The zero-order valence-electron chi connectivity index (χ0n) is 14.3. The van der Waals surface area contributed by atoms with Gasteiger partial charge in [0.25, 0.3) is 0 Å². The third-order valence-corrected chi connectivity index (χ3v) is 4.39. The van der Waals surface area contributed by atoms with Gasteiger partial charge in [0.15, 0.2) is 0 Å². The number of ether oxygens (including phenoxy) is 1. The molecular formula is C22H23NO. The monoisotopic (exact) mass is 317 g/mol. The molecule has 0 N–H and O–H groups in total. The van der Waals surface area contributed by atoms with E-state index in [2.05, 4.69) is 72.6 Å². The lowest BCUT2D eigenvalue weighted by Gasteiger charge is -2.20. The van der Waals surface area contributed by atoms with E-state index in [1.54, 1.807) is 7.11 Å². The molecule has 0 spiro atoms. The quantitative estimate of drug-likeness (QED) is 0.609. The summed E-state index contributed by atoms with van der Waals surface area (Å²) >= 11 is 0. The predicted molar refractivity (Wildman–Crippen MR) is 98.9 cm³/mol. The van der Waals surface area contributed by atoms with Crippen molar-refractivity contribution in [3.63, 3.8) is 0 Å². The normalized spacial score (nSPS) is 12.1. The predicted octanol–water partition coefficient (Wildman–Crippen LogP) is 5.38. The first-order valence-corrected chi connectivity index (χ1v) is 8.37. The van der Waals surface area contributed by atoms with E-state index in [0.717, 1.165) is 24.1 Å². The molecule has 3 aromatic rings. The highest BCUT2D eigenvalue weighted by molar-refractivity contribution is 5.67. The van der Waals surface area contributed by atoms with E-state index >= 15 is 0 Å². The second-order valence-corrected chi connectivity index (χ2v) is 6.00. The Labute approximate surface area is 144 Å². The molecular weight excluding hydrogens is 294 g/mol. The maximum absolute atomic E-state index is 5.83. The SMILES string of the molecule is CO[C@@H](CCc1ccccc1)c1ccccc1-c1ncccc1C. The summed E-state index contributed by atoms with van der Waals surface area (Å²) in [6.45, 7) is 2.10. The van der Waals surface area contributed by atoms with Crippen molar-refractivity contribution in [2.45, 2.75) is 25.9 Å². The highest BCUT2D eigenvalue weighted by Gasteiger charge is 2.17. The van der Waals surface area contributed by atoms with Gasteiger partial charge in [0.1, 0.15) is 0 Å². The van der Waals surface area contributed by atoms with E-state index < -0.39 is 0 Å². The van der Waals surface area contributed by atoms with Crippen molar-refractivity contribution >= 4 is 0 Å². The number of benzene rings is 2. The van der Waals surface area contributed by atoms with E-state index in [1.807, 2.05) is 12.3 Å². The summed E-state index contributed by atoms with van der Waals surface area (Å²) in [4.78, 5) is 4.59. The first-order chi connectivity index (χ1) is 11.8. The summed E-state index contributed by atoms with van der Waals surface area (Å²) in [6.07, 6.45) is 3.85. The van der Waals surface area contributed by atoms with Crippen LogP contribution in [0.15, 0.2) is 72.9 Å². The maximum Gasteiger partial charge on any atom is 0.0830 e. The van der Waals surface area contributed by atoms with Gasteiger partial charge in [-0.25, -0.2) is 0 Å². The molecule has 1 aromatic heterocycles. The number of pyridine rings is 1. The number of nitrogens with zero attached hydrogens (tertiary/aromatic N) is 1. The fourth-order valence-electron chi connectivity index (χ4n) is 3.10. The lowest BCUT2D eigenvalue weighted by molar-refractivity contribution is 0.0963. The third kappa shape index (κ3) is 3.72. The molecule has 0 saturated carbocycles. The average Bonchev–Trinajstić information content (AvgIpc) is 2.64. The van der Waals surface area contributed by atoms with E-state index in [1.165, 1.54) is 16.7 Å². The van der Waals surface area contributed by atoms with Crippen LogP contribution in [0, 0.1) is 6.92 Å². The second-order valence-electron chi connectivity index (χ2n) is 6.00. The minimum Gasteiger partial charge on any atom is -0.377 e. The van der Waals surface area contributed by atoms with Crippen LogP contribution in [-0.2, 0) is 11.2 Å². The van der Waals surface area contributed by atoms with E-state index in [-0.39, 0.29) is 6.10 Å². The standard InChI is InChI=1S/C22H23NO/c1-17-9-8-16-23-22(17)20-13-7-6-12-19(20)21(24-2)15-14-18-10-4-3-5-11-18/h3-13,16,21H,14-15H2,1-2H3/t21-/m0/s1. The molecule has 0 fully saturated rings. The second kappa shape index (κ2) is 7.89. The zero-order chi connectivity index (χ0) is 16.8. The Morgan fingerprint density at radius 1 is 0.917 bits per heavy atom. The third-order valence-electron chi connectivity index (χ3n) is 4.39. The van der Waals surface area contributed by atoms with Crippen molar-refractivity contribution in [2.75, 3.05) is 7.11 Å². The topological polar surface area (TPSA) is 22.1 Å². The number of hydrogen-bond donors (Lipinski definition) is 0. The fraction of sp³-hybridized carbons (Fsp3) is 0.227. The Morgan fingerprint density at radius 3 is 2.42 bits per heavy atom. The molecule has 1 heterocycles. The van der Waals surface area contributed by atoms with Crippen molar-refractivity contribution in [1.29, 1.82) is 0 Å². The van der Waals surface area contributed by atoms with Gasteiger partial charge in [-0.2, -0.15) is 0 Å². The molecule has 0 aliphatic rings. The Bertz CT molecular complexity index is 783. The number of aryl methyl sites for hydroxylation is 2. The Morgan fingerprint density at radius 2 is 1.67 bits per heavy atom. The molecule has 122 valence electrons. The Balaban J connectivity index is 1.88. The van der Waals surface area contributed by atoms with Gasteiger partial charge in [0.05, 0.1) is 11.8 Å². The summed E-state index contributed by atoms with van der Waals surface area (Å²) in [5.41, 5.74) is 5.93. The largest absolute Gasteiger partial charge is 0.377 e. The first kappa shape index (κ1) is 16.4. The smallest absolute Gasteiger partial charge is 0.0830 e. The molecule has 2 heteroatoms.